The molecule has 120 valence electrons. The Kier molecular flexibility index (Phi) is 3.64. The zero-order valence-corrected chi connectivity index (χ0v) is 13.5. The molecule has 0 aliphatic rings. The van der Waals surface area contributed by atoms with Crippen LogP contribution in [-0.2, 0) is 0 Å². The Hall–Kier alpha value is -3.65. The van der Waals surface area contributed by atoms with Crippen LogP contribution in [-0.4, -0.2) is 21.5 Å². The van der Waals surface area contributed by atoms with Gasteiger partial charge in [-0.05, 0) is 30.3 Å². The second-order valence-electron chi connectivity index (χ2n) is 5.53. The average molecular weight is 326 g/mol. The van der Waals surface area contributed by atoms with Crippen LogP contribution in [0.5, 0.6) is 5.75 Å². The van der Waals surface area contributed by atoms with Crippen molar-refractivity contribution in [2.45, 2.75) is 0 Å². The van der Waals surface area contributed by atoms with Crippen molar-refractivity contribution in [3.63, 3.8) is 0 Å². The highest BCUT2D eigenvalue weighted by molar-refractivity contribution is 5.81. The Labute approximate surface area is 144 Å². The summed E-state index contributed by atoms with van der Waals surface area (Å²) in [4.78, 5) is 8.80. The molecule has 0 N–H and O–H groups in total. The molecule has 0 aliphatic carbocycles. The third-order valence-electron chi connectivity index (χ3n) is 4.08. The summed E-state index contributed by atoms with van der Waals surface area (Å²) in [7, 11) is 1.65. The molecule has 0 atom stereocenters. The van der Waals surface area contributed by atoms with Gasteiger partial charge in [-0.15, -0.1) is 0 Å². The summed E-state index contributed by atoms with van der Waals surface area (Å²) in [5.74, 6) is 0.783. The molecule has 0 saturated carbocycles. The van der Waals surface area contributed by atoms with Gasteiger partial charge in [0, 0.05) is 29.1 Å². The van der Waals surface area contributed by atoms with Crippen molar-refractivity contribution in [2.75, 3.05) is 7.11 Å². The molecule has 4 aromatic rings. The topological polar surface area (TPSA) is 63.2 Å². The molecule has 3 aromatic heterocycles. The molecule has 4 rings (SSSR count). The third-order valence-corrected chi connectivity index (χ3v) is 4.08. The van der Waals surface area contributed by atoms with Crippen molar-refractivity contribution in [3.05, 3.63) is 72.8 Å². The monoisotopic (exact) mass is 326 g/mol. The number of imidazole rings is 1. The molecule has 0 bridgehead atoms. The quantitative estimate of drug-likeness (QED) is 0.572. The van der Waals surface area contributed by atoms with Gasteiger partial charge in [-0.2, -0.15) is 5.26 Å². The fourth-order valence-electron chi connectivity index (χ4n) is 2.86. The first-order valence-corrected chi connectivity index (χ1v) is 7.77. The van der Waals surface area contributed by atoms with Gasteiger partial charge in [-0.25, -0.2) is 4.98 Å². The molecule has 0 aliphatic heterocycles. The molecule has 0 spiro atoms. The van der Waals surface area contributed by atoms with Crippen LogP contribution >= 0.6 is 0 Å². The molecule has 25 heavy (non-hydrogen) atoms. The van der Waals surface area contributed by atoms with E-state index >= 15 is 0 Å². The maximum absolute atomic E-state index is 9.24. The number of aromatic nitrogens is 3. The van der Waals surface area contributed by atoms with Gasteiger partial charge in [-0.3, -0.25) is 9.38 Å². The van der Waals surface area contributed by atoms with E-state index in [2.05, 4.69) is 16.0 Å². The maximum atomic E-state index is 9.24. The van der Waals surface area contributed by atoms with Crippen LogP contribution in [0.15, 0.2) is 67.1 Å². The fourth-order valence-corrected chi connectivity index (χ4v) is 2.86. The summed E-state index contributed by atoms with van der Waals surface area (Å²) in [6.07, 6.45) is 5.27. The average Bonchev–Trinajstić information content (AvgIpc) is 3.10. The molecule has 0 fully saturated rings. The minimum atomic E-state index is 0.503. The third kappa shape index (κ3) is 2.60. The Balaban J connectivity index is 1.90. The lowest BCUT2D eigenvalue weighted by Gasteiger charge is -2.10. The predicted octanol–water partition coefficient (Wildman–Crippen LogP) is 3.94. The molecule has 0 radical (unpaired) electrons. The van der Waals surface area contributed by atoms with Gasteiger partial charge in [0.2, 0.25) is 0 Å². The predicted molar refractivity (Wildman–Crippen MR) is 95.1 cm³/mol. The lowest BCUT2D eigenvalue weighted by Crippen LogP contribution is -1.93. The largest absolute Gasteiger partial charge is 0.497 e. The highest BCUT2D eigenvalue weighted by atomic mass is 16.5. The van der Waals surface area contributed by atoms with Gasteiger partial charge in [0.1, 0.15) is 23.2 Å². The van der Waals surface area contributed by atoms with Crippen LogP contribution in [0.3, 0.4) is 0 Å². The molecule has 5 heteroatoms. The van der Waals surface area contributed by atoms with Crippen LogP contribution < -0.4 is 4.74 Å². The van der Waals surface area contributed by atoms with Gasteiger partial charge in [0.15, 0.2) is 0 Å². The number of nitriles is 1. The van der Waals surface area contributed by atoms with Crippen molar-refractivity contribution < 1.29 is 4.74 Å². The van der Waals surface area contributed by atoms with E-state index in [-0.39, 0.29) is 0 Å². The van der Waals surface area contributed by atoms with Crippen LogP contribution in [0, 0.1) is 11.3 Å². The van der Waals surface area contributed by atoms with Crippen molar-refractivity contribution in [1.82, 2.24) is 14.4 Å². The summed E-state index contributed by atoms with van der Waals surface area (Å²) in [6.45, 7) is 0. The fraction of sp³-hybridized carbons (Fsp3) is 0.0500. The molecule has 5 nitrogen and oxygen atoms in total. The zero-order valence-electron chi connectivity index (χ0n) is 13.5. The second-order valence-corrected chi connectivity index (χ2v) is 5.53. The molecule has 0 saturated heterocycles. The van der Waals surface area contributed by atoms with Gasteiger partial charge in [0.05, 0.1) is 19.0 Å². The number of benzene rings is 1. The summed E-state index contributed by atoms with van der Waals surface area (Å²) >= 11 is 0. The van der Waals surface area contributed by atoms with Crippen LogP contribution in [0.1, 0.15) is 5.69 Å². The normalized spacial score (nSPS) is 10.6. The van der Waals surface area contributed by atoms with E-state index in [1.165, 1.54) is 0 Å². The molecular formula is C20H14N4O. The number of ether oxygens (including phenoxy) is 1. The number of fused-ring (bicyclic) bond motifs is 1. The molecule has 1 aromatic carbocycles. The standard InChI is InChI=1S/C20H14N4O/c1-25-17-5-2-4-14(10-17)20-18(6-3-9-22-20)15-7-8-19-23-12-16(11-21)24(19)13-15/h2-10,12-13H,1H3. The van der Waals surface area contributed by atoms with Gasteiger partial charge < -0.3 is 4.74 Å². The molecular weight excluding hydrogens is 312 g/mol. The van der Waals surface area contributed by atoms with E-state index < -0.39 is 0 Å². The summed E-state index contributed by atoms with van der Waals surface area (Å²) in [5, 5.41) is 9.24. The summed E-state index contributed by atoms with van der Waals surface area (Å²) in [6, 6.07) is 17.8. The first-order chi connectivity index (χ1) is 12.3. The first kappa shape index (κ1) is 14.9. The Morgan fingerprint density at radius 2 is 1.96 bits per heavy atom. The van der Waals surface area contributed by atoms with Crippen molar-refractivity contribution in [2.24, 2.45) is 0 Å². The highest BCUT2D eigenvalue weighted by Gasteiger charge is 2.11. The lowest BCUT2D eigenvalue weighted by atomic mass is 10.0. The maximum Gasteiger partial charge on any atom is 0.144 e. The zero-order chi connectivity index (χ0) is 17.2. The van der Waals surface area contributed by atoms with Crippen LogP contribution in [0.25, 0.3) is 28.0 Å². The van der Waals surface area contributed by atoms with Crippen LogP contribution in [0.4, 0.5) is 0 Å². The number of rotatable bonds is 3. The van der Waals surface area contributed by atoms with E-state index in [1.807, 2.05) is 54.7 Å². The minimum absolute atomic E-state index is 0.503. The Morgan fingerprint density at radius 1 is 1.04 bits per heavy atom. The van der Waals surface area contributed by atoms with Gasteiger partial charge >= 0.3 is 0 Å². The Morgan fingerprint density at radius 3 is 2.80 bits per heavy atom. The number of methoxy groups -OCH3 is 1. The number of hydrogen-bond donors (Lipinski definition) is 0. The minimum Gasteiger partial charge on any atom is -0.497 e. The second kappa shape index (κ2) is 6.10. The Bertz CT molecular complexity index is 1110. The van der Waals surface area contributed by atoms with E-state index in [0.717, 1.165) is 33.8 Å². The highest BCUT2D eigenvalue weighted by Crippen LogP contribution is 2.32. The van der Waals surface area contributed by atoms with Crippen molar-refractivity contribution in [3.8, 4) is 34.2 Å². The SMILES string of the molecule is COc1cccc(-c2ncccc2-c2ccc3ncc(C#N)n3c2)c1. The summed E-state index contributed by atoms with van der Waals surface area (Å²) in [5.41, 5.74) is 5.03. The molecule has 3 heterocycles. The van der Waals surface area contributed by atoms with E-state index in [9.17, 15) is 5.26 Å². The number of pyridine rings is 2. The van der Waals surface area contributed by atoms with Crippen molar-refractivity contribution >= 4 is 5.65 Å². The van der Waals surface area contributed by atoms with Gasteiger partial charge in [0.25, 0.3) is 0 Å². The number of hydrogen-bond acceptors (Lipinski definition) is 4. The van der Waals surface area contributed by atoms with E-state index in [1.54, 1.807) is 23.9 Å². The first-order valence-electron chi connectivity index (χ1n) is 7.77. The lowest BCUT2D eigenvalue weighted by molar-refractivity contribution is 0.415. The number of nitrogens with zero attached hydrogens (tertiary/aromatic N) is 4. The smallest absolute Gasteiger partial charge is 0.144 e. The molecule has 0 amide bonds. The van der Waals surface area contributed by atoms with E-state index in [4.69, 9.17) is 4.74 Å². The summed E-state index contributed by atoms with van der Waals surface area (Å²) < 4.78 is 7.11. The van der Waals surface area contributed by atoms with Gasteiger partial charge in [-0.1, -0.05) is 18.2 Å². The van der Waals surface area contributed by atoms with Crippen LogP contribution in [0.2, 0.25) is 0 Å². The van der Waals surface area contributed by atoms with Crippen molar-refractivity contribution in [1.29, 1.82) is 5.26 Å². The molecule has 0 unspecified atom stereocenters. The van der Waals surface area contributed by atoms with E-state index in [0.29, 0.717) is 5.69 Å².